The van der Waals surface area contributed by atoms with Crippen molar-refractivity contribution in [1.82, 2.24) is 5.43 Å². The van der Waals surface area contributed by atoms with Crippen molar-refractivity contribution >= 4 is 27.7 Å². The van der Waals surface area contributed by atoms with Crippen LogP contribution in [0.2, 0.25) is 0 Å². The van der Waals surface area contributed by atoms with Crippen LogP contribution in [0, 0.1) is 0 Å². The van der Waals surface area contributed by atoms with Gasteiger partial charge >= 0.3 is 0 Å². The van der Waals surface area contributed by atoms with Crippen LogP contribution in [-0.4, -0.2) is 12.9 Å². The molecule has 5 heteroatoms. The number of halogens is 1. The molecule has 0 heterocycles. The van der Waals surface area contributed by atoms with Gasteiger partial charge in [0.2, 0.25) is 0 Å². The van der Waals surface area contributed by atoms with E-state index in [1.54, 1.807) is 18.9 Å². The molecule has 0 bridgehead atoms. The Balaban J connectivity index is 2.05. The molecule has 0 aliphatic carbocycles. The lowest BCUT2D eigenvalue weighted by atomic mass is 10.1. The quantitative estimate of drug-likeness (QED) is 0.472. The first kappa shape index (κ1) is 15.4. The van der Waals surface area contributed by atoms with E-state index < -0.39 is 0 Å². The van der Waals surface area contributed by atoms with Crippen LogP contribution in [0.5, 0.6) is 5.75 Å². The van der Waals surface area contributed by atoms with E-state index >= 15 is 0 Å². The fourth-order valence-electron chi connectivity index (χ4n) is 1.84. The number of hydrogen-bond donors (Lipinski definition) is 2. The van der Waals surface area contributed by atoms with Gasteiger partial charge in [-0.3, -0.25) is 11.3 Å². The molecular weight excluding hydrogens is 336 g/mol. The minimum absolute atomic E-state index is 0.0779. The summed E-state index contributed by atoms with van der Waals surface area (Å²) in [5, 5.41) is 0. The zero-order chi connectivity index (χ0) is 14.4. The molecule has 0 spiro atoms. The van der Waals surface area contributed by atoms with E-state index in [-0.39, 0.29) is 6.04 Å². The highest BCUT2D eigenvalue weighted by atomic mass is 79.9. The van der Waals surface area contributed by atoms with Crippen LogP contribution < -0.4 is 16.0 Å². The predicted octanol–water partition coefficient (Wildman–Crippen LogP) is 3.75. The van der Waals surface area contributed by atoms with E-state index in [4.69, 9.17) is 10.6 Å². The minimum atomic E-state index is 0.0779. The van der Waals surface area contributed by atoms with E-state index in [1.807, 2.05) is 30.3 Å². The molecule has 0 aromatic heterocycles. The van der Waals surface area contributed by atoms with E-state index in [0.717, 1.165) is 21.5 Å². The van der Waals surface area contributed by atoms with Crippen molar-refractivity contribution in [2.75, 3.05) is 12.9 Å². The van der Waals surface area contributed by atoms with E-state index in [0.29, 0.717) is 0 Å². The van der Waals surface area contributed by atoms with Crippen LogP contribution >= 0.6 is 27.7 Å². The topological polar surface area (TPSA) is 47.3 Å². The molecule has 1 atom stereocenters. The van der Waals surface area contributed by atoms with E-state index in [9.17, 15) is 0 Å². The number of hydrogen-bond acceptors (Lipinski definition) is 4. The predicted molar refractivity (Wildman–Crippen MR) is 87.9 cm³/mol. The molecule has 3 N–H and O–H groups in total. The highest BCUT2D eigenvalue weighted by Crippen LogP contribution is 2.27. The first-order chi connectivity index (χ1) is 9.72. The number of rotatable bonds is 6. The number of ether oxygens (including phenoxy) is 1. The normalized spacial score (nSPS) is 12.2. The Morgan fingerprint density at radius 3 is 2.75 bits per heavy atom. The lowest BCUT2D eigenvalue weighted by Gasteiger charge is -2.16. The van der Waals surface area contributed by atoms with Gasteiger partial charge < -0.3 is 4.74 Å². The number of hydrazine groups is 1. The lowest BCUT2D eigenvalue weighted by molar-refractivity contribution is 0.413. The van der Waals surface area contributed by atoms with Crippen LogP contribution in [0.3, 0.4) is 0 Å². The van der Waals surface area contributed by atoms with Crippen molar-refractivity contribution < 1.29 is 4.74 Å². The van der Waals surface area contributed by atoms with Crippen LogP contribution in [0.1, 0.15) is 11.6 Å². The molecule has 20 heavy (non-hydrogen) atoms. The number of benzene rings is 2. The second-order valence-electron chi connectivity index (χ2n) is 4.26. The summed E-state index contributed by atoms with van der Waals surface area (Å²) >= 11 is 5.24. The third-order valence-electron chi connectivity index (χ3n) is 2.91. The average Bonchev–Trinajstić information content (AvgIpc) is 2.48. The molecule has 1 unspecified atom stereocenters. The molecule has 3 nitrogen and oxygen atoms in total. The van der Waals surface area contributed by atoms with Crippen molar-refractivity contribution in [3.63, 3.8) is 0 Å². The van der Waals surface area contributed by atoms with Gasteiger partial charge in [-0.1, -0.05) is 34.1 Å². The molecule has 0 aliphatic rings. The van der Waals surface area contributed by atoms with Crippen LogP contribution in [-0.2, 0) is 0 Å². The van der Waals surface area contributed by atoms with E-state index in [1.165, 1.54) is 4.90 Å². The lowest BCUT2D eigenvalue weighted by Crippen LogP contribution is -2.29. The maximum atomic E-state index is 5.68. The molecule has 0 saturated heterocycles. The second-order valence-corrected chi connectivity index (χ2v) is 6.27. The summed E-state index contributed by atoms with van der Waals surface area (Å²) in [4.78, 5) is 1.21. The molecule has 0 saturated carbocycles. The highest BCUT2D eigenvalue weighted by molar-refractivity contribution is 9.10. The minimum Gasteiger partial charge on any atom is -0.497 e. The number of nitrogens with one attached hydrogen (secondary N) is 1. The van der Waals surface area contributed by atoms with Crippen molar-refractivity contribution in [2.24, 2.45) is 5.84 Å². The summed E-state index contributed by atoms with van der Waals surface area (Å²) in [5.74, 6) is 7.37. The van der Waals surface area contributed by atoms with Crippen molar-refractivity contribution in [2.45, 2.75) is 10.9 Å². The summed E-state index contributed by atoms with van der Waals surface area (Å²) in [6, 6.07) is 16.3. The number of thioether (sulfide) groups is 1. The van der Waals surface area contributed by atoms with Gasteiger partial charge in [0.05, 0.1) is 13.2 Å². The van der Waals surface area contributed by atoms with Gasteiger partial charge in [0.1, 0.15) is 5.75 Å². The first-order valence-corrected chi connectivity index (χ1v) is 7.99. The van der Waals surface area contributed by atoms with Crippen molar-refractivity contribution in [1.29, 1.82) is 0 Å². The van der Waals surface area contributed by atoms with Gasteiger partial charge in [0, 0.05) is 15.1 Å². The summed E-state index contributed by atoms with van der Waals surface area (Å²) < 4.78 is 6.33. The van der Waals surface area contributed by atoms with Crippen LogP contribution in [0.4, 0.5) is 0 Å². The summed E-state index contributed by atoms with van der Waals surface area (Å²) in [7, 11) is 1.67. The van der Waals surface area contributed by atoms with Crippen molar-refractivity contribution in [3.05, 3.63) is 58.6 Å². The maximum absolute atomic E-state index is 5.68. The van der Waals surface area contributed by atoms with Crippen LogP contribution in [0.15, 0.2) is 57.9 Å². The monoisotopic (exact) mass is 352 g/mol. The molecular formula is C15H17BrN2OS. The van der Waals surface area contributed by atoms with Gasteiger partial charge in [-0.2, -0.15) is 0 Å². The Hall–Kier alpha value is -1.01. The molecule has 2 rings (SSSR count). The Morgan fingerprint density at radius 1 is 1.25 bits per heavy atom. The Morgan fingerprint density at radius 2 is 2.05 bits per heavy atom. The highest BCUT2D eigenvalue weighted by Gasteiger charge is 2.11. The SMILES string of the molecule is COc1cccc(C(CSc2cccc(Br)c2)NN)c1. The first-order valence-electron chi connectivity index (χ1n) is 6.21. The Labute approximate surface area is 132 Å². The van der Waals surface area contributed by atoms with Gasteiger partial charge in [0.25, 0.3) is 0 Å². The van der Waals surface area contributed by atoms with Crippen molar-refractivity contribution in [3.8, 4) is 5.75 Å². The number of nitrogens with two attached hydrogens (primary N) is 1. The zero-order valence-corrected chi connectivity index (χ0v) is 13.6. The third kappa shape index (κ3) is 4.24. The molecule has 0 amide bonds. The molecule has 0 aliphatic heterocycles. The summed E-state index contributed by atoms with van der Waals surface area (Å²) in [6.07, 6.45) is 0. The van der Waals surface area contributed by atoms with Gasteiger partial charge in [-0.25, -0.2) is 0 Å². The smallest absolute Gasteiger partial charge is 0.119 e. The Kier molecular flexibility index (Phi) is 5.91. The van der Waals surface area contributed by atoms with Gasteiger partial charge in [0.15, 0.2) is 0 Å². The molecule has 0 radical (unpaired) electrons. The van der Waals surface area contributed by atoms with E-state index in [2.05, 4.69) is 39.6 Å². The maximum Gasteiger partial charge on any atom is 0.119 e. The molecule has 106 valence electrons. The average molecular weight is 353 g/mol. The van der Waals surface area contributed by atoms with Crippen LogP contribution in [0.25, 0.3) is 0 Å². The largest absolute Gasteiger partial charge is 0.497 e. The fraction of sp³-hybridized carbons (Fsp3) is 0.200. The zero-order valence-electron chi connectivity index (χ0n) is 11.2. The Bertz CT molecular complexity index is 565. The molecule has 0 fully saturated rings. The second kappa shape index (κ2) is 7.69. The standard InChI is InChI=1S/C15H17BrN2OS/c1-19-13-6-2-4-11(8-13)15(18-17)10-20-14-7-3-5-12(16)9-14/h2-9,15,18H,10,17H2,1H3. The third-order valence-corrected chi connectivity index (χ3v) is 4.49. The van der Waals surface area contributed by atoms with Gasteiger partial charge in [-0.15, -0.1) is 11.8 Å². The fourth-order valence-corrected chi connectivity index (χ4v) is 3.42. The number of methoxy groups -OCH3 is 1. The summed E-state index contributed by atoms with van der Waals surface area (Å²) in [5.41, 5.74) is 3.99. The molecule has 2 aromatic rings. The molecule has 2 aromatic carbocycles. The van der Waals surface area contributed by atoms with Gasteiger partial charge in [-0.05, 0) is 35.9 Å². The summed E-state index contributed by atoms with van der Waals surface area (Å²) in [6.45, 7) is 0.